The Morgan fingerprint density at radius 3 is 1.28 bits per heavy atom. The molecule has 1 saturated heterocycles. The minimum absolute atomic E-state index is 0.0620. The van der Waals surface area contributed by atoms with Crippen LogP contribution >= 0.6 is 0 Å². The van der Waals surface area contributed by atoms with Crippen LogP contribution in [0.2, 0.25) is 0 Å². The molecular formula is C21H29N3O6S2. The van der Waals surface area contributed by atoms with Gasteiger partial charge >= 0.3 is 0 Å². The maximum Gasteiger partial charge on any atom is 0.245 e. The monoisotopic (exact) mass is 483 g/mol. The summed E-state index contributed by atoms with van der Waals surface area (Å²) in [5, 5.41) is 0. The molecule has 0 radical (unpaired) electrons. The molecule has 0 aliphatic carbocycles. The van der Waals surface area contributed by atoms with Gasteiger partial charge in [-0.2, -0.15) is 8.61 Å². The molecule has 1 fully saturated rings. The van der Waals surface area contributed by atoms with E-state index in [1.54, 1.807) is 29.2 Å². The highest BCUT2D eigenvalue weighted by Gasteiger charge is 2.41. The predicted molar refractivity (Wildman–Crippen MR) is 120 cm³/mol. The van der Waals surface area contributed by atoms with Crippen LogP contribution in [0.5, 0.6) is 11.5 Å². The first-order valence-electron chi connectivity index (χ1n) is 9.93. The molecule has 11 heteroatoms. The number of nitrogens with zero attached hydrogens (tertiary/aromatic N) is 3. The Morgan fingerprint density at radius 1 is 0.656 bits per heavy atom. The van der Waals surface area contributed by atoms with Crippen molar-refractivity contribution in [1.82, 2.24) is 13.5 Å². The van der Waals surface area contributed by atoms with Crippen LogP contribution in [-0.4, -0.2) is 70.1 Å². The second-order valence-electron chi connectivity index (χ2n) is 8.40. The van der Waals surface area contributed by atoms with Gasteiger partial charge in [0.1, 0.15) is 11.5 Å². The molecule has 9 nitrogen and oxygen atoms in total. The van der Waals surface area contributed by atoms with Crippen molar-refractivity contribution in [2.75, 3.05) is 34.2 Å². The summed E-state index contributed by atoms with van der Waals surface area (Å²) in [6.45, 7) is 5.56. The molecule has 0 saturated carbocycles. The highest BCUT2D eigenvalue weighted by atomic mass is 32.2. The van der Waals surface area contributed by atoms with Gasteiger partial charge in [-0.1, -0.05) is 0 Å². The zero-order valence-electron chi connectivity index (χ0n) is 18.8. The summed E-state index contributed by atoms with van der Waals surface area (Å²) >= 11 is 0. The average Bonchev–Trinajstić information content (AvgIpc) is 2.78. The summed E-state index contributed by atoms with van der Waals surface area (Å²) in [7, 11) is -4.92. The minimum Gasteiger partial charge on any atom is -0.497 e. The number of benzene rings is 2. The Hall–Kier alpha value is -2.18. The lowest BCUT2D eigenvalue weighted by molar-refractivity contribution is 0.00110. The maximum atomic E-state index is 13.4. The van der Waals surface area contributed by atoms with Gasteiger partial charge in [0.25, 0.3) is 0 Å². The van der Waals surface area contributed by atoms with Gasteiger partial charge in [-0.05, 0) is 69.3 Å². The normalized spacial score (nSPS) is 17.3. The van der Waals surface area contributed by atoms with Crippen LogP contribution in [0.3, 0.4) is 0 Å². The van der Waals surface area contributed by atoms with Crippen LogP contribution < -0.4 is 9.47 Å². The number of methoxy groups -OCH3 is 2. The number of rotatable bonds is 6. The van der Waals surface area contributed by atoms with E-state index in [4.69, 9.17) is 9.47 Å². The topological polar surface area (TPSA) is 96.5 Å². The van der Waals surface area contributed by atoms with Gasteiger partial charge in [-0.15, -0.1) is 0 Å². The van der Waals surface area contributed by atoms with Gasteiger partial charge in [-0.25, -0.2) is 16.8 Å². The van der Waals surface area contributed by atoms with Crippen molar-refractivity contribution in [3.8, 4) is 11.5 Å². The number of hydrogen-bond acceptors (Lipinski definition) is 7. The molecule has 1 aliphatic rings. The van der Waals surface area contributed by atoms with Crippen molar-refractivity contribution in [1.29, 1.82) is 0 Å². The SMILES string of the molecule is COc1ccc(S(=O)(=O)N2CN(C(C)(C)C)CN(S(=O)(=O)c3ccc(OC)cc3)C2)cc1. The Morgan fingerprint density at radius 2 is 1.00 bits per heavy atom. The van der Waals surface area contributed by atoms with Gasteiger partial charge in [0.2, 0.25) is 20.0 Å². The largest absolute Gasteiger partial charge is 0.497 e. The van der Waals surface area contributed by atoms with Crippen LogP contribution in [0.15, 0.2) is 58.3 Å². The molecule has 0 spiro atoms. The fourth-order valence-corrected chi connectivity index (χ4v) is 6.01. The molecule has 0 unspecified atom stereocenters. The van der Waals surface area contributed by atoms with E-state index in [0.29, 0.717) is 11.5 Å². The highest BCUT2D eigenvalue weighted by Crippen LogP contribution is 2.29. The van der Waals surface area contributed by atoms with Crippen molar-refractivity contribution in [3.63, 3.8) is 0 Å². The summed E-state index contributed by atoms with van der Waals surface area (Å²) in [4.78, 5) is 1.94. The first-order chi connectivity index (χ1) is 14.9. The number of sulfonamides is 2. The molecule has 0 amide bonds. The van der Waals surface area contributed by atoms with Crippen LogP contribution in [0.25, 0.3) is 0 Å². The predicted octanol–water partition coefficient (Wildman–Crippen LogP) is 2.37. The zero-order chi connectivity index (χ0) is 23.7. The maximum absolute atomic E-state index is 13.4. The molecule has 3 rings (SSSR count). The molecule has 1 heterocycles. The van der Waals surface area contributed by atoms with E-state index >= 15 is 0 Å². The Kier molecular flexibility index (Phi) is 6.87. The van der Waals surface area contributed by atoms with Gasteiger partial charge in [0.15, 0.2) is 0 Å². The van der Waals surface area contributed by atoms with Gasteiger partial charge in [0.05, 0.1) is 44.0 Å². The minimum atomic E-state index is -3.96. The van der Waals surface area contributed by atoms with E-state index in [1.165, 1.54) is 47.1 Å². The van der Waals surface area contributed by atoms with E-state index < -0.39 is 25.6 Å². The molecular weight excluding hydrogens is 454 g/mol. The molecule has 0 bridgehead atoms. The first-order valence-corrected chi connectivity index (χ1v) is 12.8. The van der Waals surface area contributed by atoms with E-state index in [-0.39, 0.29) is 29.8 Å². The molecule has 2 aromatic rings. The van der Waals surface area contributed by atoms with E-state index in [0.717, 1.165) is 0 Å². The lowest BCUT2D eigenvalue weighted by Gasteiger charge is -2.46. The molecule has 1 aliphatic heterocycles. The molecule has 0 atom stereocenters. The Balaban J connectivity index is 1.98. The third kappa shape index (κ3) is 4.91. The lowest BCUT2D eigenvalue weighted by atomic mass is 10.1. The van der Waals surface area contributed by atoms with Gasteiger partial charge in [-0.3, -0.25) is 4.90 Å². The molecule has 32 heavy (non-hydrogen) atoms. The van der Waals surface area contributed by atoms with Crippen molar-refractivity contribution >= 4 is 20.0 Å². The van der Waals surface area contributed by atoms with E-state index in [1.807, 2.05) is 20.8 Å². The van der Waals surface area contributed by atoms with Crippen LogP contribution in [0.4, 0.5) is 0 Å². The summed E-state index contributed by atoms with van der Waals surface area (Å²) in [6, 6.07) is 12.0. The Labute approximate surface area is 190 Å². The fraction of sp³-hybridized carbons (Fsp3) is 0.429. The Bertz CT molecular complexity index is 1060. The van der Waals surface area contributed by atoms with Gasteiger partial charge < -0.3 is 9.47 Å². The number of hydrogen-bond donors (Lipinski definition) is 0. The first kappa shape index (κ1) is 24.5. The summed E-state index contributed by atoms with van der Waals surface area (Å²) in [5.74, 6) is 1.06. The van der Waals surface area contributed by atoms with Gasteiger partial charge in [0, 0.05) is 5.54 Å². The average molecular weight is 484 g/mol. The fourth-order valence-electron chi connectivity index (χ4n) is 3.21. The van der Waals surface area contributed by atoms with Crippen LogP contribution in [-0.2, 0) is 20.0 Å². The smallest absolute Gasteiger partial charge is 0.245 e. The van der Waals surface area contributed by atoms with Crippen molar-refractivity contribution in [3.05, 3.63) is 48.5 Å². The molecule has 0 aromatic heterocycles. The highest BCUT2D eigenvalue weighted by molar-refractivity contribution is 7.90. The third-order valence-corrected chi connectivity index (χ3v) is 8.87. The summed E-state index contributed by atoms with van der Waals surface area (Å²) < 4.78 is 66.0. The molecule has 2 aromatic carbocycles. The van der Waals surface area contributed by atoms with Crippen LogP contribution in [0, 0.1) is 0 Å². The van der Waals surface area contributed by atoms with Crippen molar-refractivity contribution in [2.45, 2.75) is 36.1 Å². The summed E-state index contributed by atoms with van der Waals surface area (Å²) in [5.41, 5.74) is -0.470. The van der Waals surface area contributed by atoms with Crippen LogP contribution in [0.1, 0.15) is 20.8 Å². The summed E-state index contributed by atoms with van der Waals surface area (Å²) in [6.07, 6.45) is 0. The number of ether oxygens (including phenoxy) is 2. The zero-order valence-corrected chi connectivity index (χ0v) is 20.5. The second-order valence-corrected chi connectivity index (χ2v) is 12.3. The third-order valence-electron chi connectivity index (χ3n) is 5.32. The van der Waals surface area contributed by atoms with E-state index in [2.05, 4.69) is 0 Å². The quantitative estimate of drug-likeness (QED) is 0.622. The second kappa shape index (κ2) is 8.99. The van der Waals surface area contributed by atoms with Crippen molar-refractivity contribution in [2.24, 2.45) is 0 Å². The standard InChI is InChI=1S/C21H29N3O6S2/c1-21(2,3)22-14-23(31(25,26)19-10-6-17(29-4)7-11-19)16-24(15-22)32(27,28)20-12-8-18(30-5)9-13-20/h6-13H,14-16H2,1-5H3. The van der Waals surface area contributed by atoms with Crippen molar-refractivity contribution < 1.29 is 26.3 Å². The van der Waals surface area contributed by atoms with E-state index in [9.17, 15) is 16.8 Å². The lowest BCUT2D eigenvalue weighted by Crippen LogP contribution is -2.62. The molecule has 0 N–H and O–H groups in total. The molecule has 176 valence electrons.